The van der Waals surface area contributed by atoms with Crippen molar-refractivity contribution >= 4 is 27.3 Å². The molecule has 0 atom stereocenters. The fourth-order valence-corrected chi connectivity index (χ4v) is 3.24. The van der Waals surface area contributed by atoms with Gasteiger partial charge in [0, 0.05) is 13.1 Å². The topological polar surface area (TPSA) is 84.9 Å². The number of carbonyl (C=O) groups excluding carboxylic acids is 1. The lowest BCUT2D eigenvalue weighted by atomic mass is 10.1. The first-order valence-corrected chi connectivity index (χ1v) is 9.64. The number of nitrogens with zero attached hydrogens (tertiary/aromatic N) is 1. The van der Waals surface area contributed by atoms with E-state index in [1.807, 2.05) is 0 Å². The van der Waals surface area contributed by atoms with Crippen molar-refractivity contribution in [1.82, 2.24) is 0 Å². The van der Waals surface area contributed by atoms with Gasteiger partial charge in [-0.05, 0) is 25.1 Å². The van der Waals surface area contributed by atoms with Crippen LogP contribution in [0.4, 0.5) is 15.8 Å². The Hall–Kier alpha value is -2.81. The molecule has 9 heteroatoms. The lowest BCUT2D eigenvalue weighted by Gasteiger charge is -2.23. The predicted molar refractivity (Wildman–Crippen MR) is 102 cm³/mol. The first-order chi connectivity index (χ1) is 12.7. The molecule has 146 valence electrons. The molecule has 0 aliphatic heterocycles. The summed E-state index contributed by atoms with van der Waals surface area (Å²) in [7, 11) is 0.473. The summed E-state index contributed by atoms with van der Waals surface area (Å²) >= 11 is 0. The van der Waals surface area contributed by atoms with Gasteiger partial charge in [-0.3, -0.25) is 9.10 Å². The van der Waals surface area contributed by atoms with E-state index in [2.05, 4.69) is 5.32 Å². The average Bonchev–Trinajstić information content (AvgIpc) is 2.67. The summed E-state index contributed by atoms with van der Waals surface area (Å²) in [6.07, 6.45) is 0. The lowest BCUT2D eigenvalue weighted by molar-refractivity contribution is 0.102. The van der Waals surface area contributed by atoms with Gasteiger partial charge in [-0.2, -0.15) is 0 Å². The number of ether oxygens (including phenoxy) is 2. The van der Waals surface area contributed by atoms with E-state index in [0.717, 1.165) is 4.31 Å². The maximum atomic E-state index is 13.9. The first kappa shape index (κ1) is 20.5. The number of sulfonamides is 1. The number of halogens is 1. The van der Waals surface area contributed by atoms with Gasteiger partial charge in [0.2, 0.25) is 10.0 Å². The number of nitrogens with one attached hydrogen (secondary N) is 1. The molecule has 0 aliphatic rings. The second-order valence-electron chi connectivity index (χ2n) is 5.53. The zero-order valence-electron chi connectivity index (χ0n) is 15.4. The fraction of sp³-hybridized carbons (Fsp3) is 0.278. The zero-order chi connectivity index (χ0) is 20.2. The van der Waals surface area contributed by atoms with Crippen LogP contribution >= 0.6 is 0 Å². The van der Waals surface area contributed by atoms with Crippen molar-refractivity contribution in [2.75, 3.05) is 36.6 Å². The molecule has 0 aromatic heterocycles. The van der Waals surface area contributed by atoms with Crippen molar-refractivity contribution < 1.29 is 27.1 Å². The van der Waals surface area contributed by atoms with E-state index in [0.29, 0.717) is 0 Å². The highest BCUT2D eigenvalue weighted by molar-refractivity contribution is 7.92. The summed E-state index contributed by atoms with van der Waals surface area (Å²) in [6, 6.07) is 8.42. The van der Waals surface area contributed by atoms with Gasteiger partial charge in [-0.1, -0.05) is 12.1 Å². The molecule has 0 saturated carbocycles. The van der Waals surface area contributed by atoms with Crippen molar-refractivity contribution in [3.05, 3.63) is 47.8 Å². The summed E-state index contributed by atoms with van der Waals surface area (Å²) in [5.41, 5.74) is 0.0583. The molecule has 0 radical (unpaired) electrons. The Kier molecular flexibility index (Phi) is 6.27. The molecular weight excluding hydrogens is 375 g/mol. The summed E-state index contributed by atoms with van der Waals surface area (Å²) in [5, 5.41) is 2.45. The van der Waals surface area contributed by atoms with Crippen LogP contribution in [0.3, 0.4) is 0 Å². The summed E-state index contributed by atoms with van der Waals surface area (Å²) in [5.74, 6) is -0.960. The van der Waals surface area contributed by atoms with E-state index in [-0.39, 0.29) is 34.2 Å². The van der Waals surface area contributed by atoms with Crippen LogP contribution in [0.1, 0.15) is 17.3 Å². The van der Waals surface area contributed by atoms with Crippen molar-refractivity contribution in [3.8, 4) is 11.5 Å². The van der Waals surface area contributed by atoms with Crippen LogP contribution < -0.4 is 19.1 Å². The Bertz CT molecular complexity index is 947. The van der Waals surface area contributed by atoms with Gasteiger partial charge < -0.3 is 14.8 Å². The van der Waals surface area contributed by atoms with Crippen LogP contribution in [0.5, 0.6) is 11.5 Å². The monoisotopic (exact) mass is 396 g/mol. The highest BCUT2D eigenvalue weighted by Crippen LogP contribution is 2.36. The minimum atomic E-state index is -3.65. The SMILES string of the molecule is CCS(=O)(=O)N(C)c1cc(OC)c(OC)cc1C(=O)Nc1ccccc1F. The van der Waals surface area contributed by atoms with Crippen LogP contribution in [0.15, 0.2) is 36.4 Å². The molecule has 7 nitrogen and oxygen atoms in total. The highest BCUT2D eigenvalue weighted by Gasteiger charge is 2.25. The van der Waals surface area contributed by atoms with Gasteiger partial charge in [-0.25, -0.2) is 12.8 Å². The smallest absolute Gasteiger partial charge is 0.258 e. The Morgan fingerprint density at radius 2 is 1.74 bits per heavy atom. The highest BCUT2D eigenvalue weighted by atomic mass is 32.2. The van der Waals surface area contributed by atoms with Crippen LogP contribution in [0.2, 0.25) is 0 Å². The summed E-state index contributed by atoms with van der Waals surface area (Å²) < 4.78 is 49.9. The number of amides is 1. The van der Waals surface area contributed by atoms with Gasteiger partial charge in [0.15, 0.2) is 11.5 Å². The molecule has 1 N–H and O–H groups in total. The van der Waals surface area contributed by atoms with E-state index in [4.69, 9.17) is 9.47 Å². The molecule has 2 aromatic rings. The van der Waals surface area contributed by atoms with E-state index in [9.17, 15) is 17.6 Å². The van der Waals surface area contributed by atoms with Crippen molar-refractivity contribution in [2.24, 2.45) is 0 Å². The number of para-hydroxylation sites is 1. The van der Waals surface area contributed by atoms with Crippen molar-refractivity contribution in [1.29, 1.82) is 0 Å². The van der Waals surface area contributed by atoms with E-state index >= 15 is 0 Å². The zero-order valence-corrected chi connectivity index (χ0v) is 16.3. The molecule has 0 heterocycles. The molecule has 0 fully saturated rings. The minimum Gasteiger partial charge on any atom is -0.493 e. The number of hydrogen-bond acceptors (Lipinski definition) is 5. The van der Waals surface area contributed by atoms with Crippen molar-refractivity contribution in [3.63, 3.8) is 0 Å². The van der Waals surface area contributed by atoms with E-state index < -0.39 is 21.7 Å². The van der Waals surface area contributed by atoms with E-state index in [1.165, 1.54) is 58.5 Å². The van der Waals surface area contributed by atoms with Crippen LogP contribution in [0, 0.1) is 5.82 Å². The number of hydrogen-bond donors (Lipinski definition) is 1. The van der Waals surface area contributed by atoms with Crippen LogP contribution in [0.25, 0.3) is 0 Å². The Morgan fingerprint density at radius 3 is 2.30 bits per heavy atom. The Balaban J connectivity index is 2.58. The van der Waals surface area contributed by atoms with Gasteiger partial charge in [0.05, 0.1) is 36.9 Å². The van der Waals surface area contributed by atoms with Gasteiger partial charge in [0.25, 0.3) is 5.91 Å². The standard InChI is InChI=1S/C18H21FN2O5S/c1-5-27(23,24)21(2)15-11-17(26-4)16(25-3)10-12(15)18(22)20-14-9-7-6-8-13(14)19/h6-11H,5H2,1-4H3,(H,20,22). The molecule has 2 rings (SSSR count). The summed E-state index contributed by atoms with van der Waals surface area (Å²) in [6.45, 7) is 1.49. The molecular formula is C18H21FN2O5S. The van der Waals surface area contributed by atoms with Crippen LogP contribution in [-0.2, 0) is 10.0 Å². The third-order valence-corrected chi connectivity index (χ3v) is 5.75. The largest absolute Gasteiger partial charge is 0.493 e. The van der Waals surface area contributed by atoms with Crippen molar-refractivity contribution in [2.45, 2.75) is 6.92 Å². The fourth-order valence-electron chi connectivity index (χ4n) is 2.41. The molecule has 0 saturated heterocycles. The molecule has 0 spiro atoms. The molecule has 2 aromatic carbocycles. The third-order valence-electron chi connectivity index (χ3n) is 3.99. The molecule has 27 heavy (non-hydrogen) atoms. The minimum absolute atomic E-state index is 0.00423. The second kappa shape index (κ2) is 8.26. The number of carbonyl (C=O) groups is 1. The number of benzene rings is 2. The van der Waals surface area contributed by atoms with Crippen LogP contribution in [-0.4, -0.2) is 41.3 Å². The van der Waals surface area contributed by atoms with Gasteiger partial charge in [-0.15, -0.1) is 0 Å². The van der Waals surface area contributed by atoms with Gasteiger partial charge in [0.1, 0.15) is 5.82 Å². The quantitative estimate of drug-likeness (QED) is 0.778. The van der Waals surface area contributed by atoms with Gasteiger partial charge >= 0.3 is 0 Å². The lowest BCUT2D eigenvalue weighted by Crippen LogP contribution is -2.30. The number of methoxy groups -OCH3 is 2. The molecule has 1 amide bonds. The third kappa shape index (κ3) is 4.30. The molecule has 0 unspecified atom stereocenters. The summed E-state index contributed by atoms with van der Waals surface area (Å²) in [4.78, 5) is 12.8. The number of rotatable bonds is 7. The maximum absolute atomic E-state index is 13.9. The van der Waals surface area contributed by atoms with E-state index in [1.54, 1.807) is 6.07 Å². The Labute approximate surface area is 157 Å². The molecule has 0 bridgehead atoms. The maximum Gasteiger partial charge on any atom is 0.258 e. The first-order valence-electron chi connectivity index (χ1n) is 8.03. The molecule has 0 aliphatic carbocycles. The normalized spacial score (nSPS) is 11.0. The second-order valence-corrected chi connectivity index (χ2v) is 7.82. The number of anilines is 2. The Morgan fingerprint density at radius 1 is 1.15 bits per heavy atom. The predicted octanol–water partition coefficient (Wildman–Crippen LogP) is 2.88. The average molecular weight is 396 g/mol.